The Balaban J connectivity index is 1.88. The summed E-state index contributed by atoms with van der Waals surface area (Å²) in [5.74, 6) is 0.499. The first-order chi connectivity index (χ1) is 12.1. The number of nitrogens with zero attached hydrogens (tertiary/aromatic N) is 2. The lowest BCUT2D eigenvalue weighted by molar-refractivity contribution is 0.628. The van der Waals surface area contributed by atoms with E-state index in [1.165, 1.54) is 12.1 Å². The van der Waals surface area contributed by atoms with Gasteiger partial charge in [0.1, 0.15) is 11.6 Å². The van der Waals surface area contributed by atoms with Crippen molar-refractivity contribution in [3.63, 3.8) is 0 Å². The van der Waals surface area contributed by atoms with Gasteiger partial charge in [-0.2, -0.15) is 0 Å². The van der Waals surface area contributed by atoms with Crippen molar-refractivity contribution in [1.29, 1.82) is 0 Å². The van der Waals surface area contributed by atoms with Crippen molar-refractivity contribution >= 4 is 34.2 Å². The zero-order chi connectivity index (χ0) is 17.4. The molecule has 0 radical (unpaired) electrons. The number of hydrogen-bond donors (Lipinski definition) is 0. The van der Waals surface area contributed by atoms with Gasteiger partial charge in [0.25, 0.3) is 0 Å². The van der Waals surface area contributed by atoms with Crippen LogP contribution in [0.5, 0.6) is 0 Å². The quantitative estimate of drug-likeness (QED) is 0.419. The Bertz CT molecular complexity index is 1060. The van der Waals surface area contributed by atoms with E-state index < -0.39 is 0 Å². The second kappa shape index (κ2) is 6.51. The molecule has 1 heterocycles. The fraction of sp³-hybridized carbons (Fsp3) is 0.0500. The van der Waals surface area contributed by atoms with Crippen LogP contribution in [-0.4, -0.2) is 9.55 Å². The molecule has 124 valence electrons. The van der Waals surface area contributed by atoms with Crippen LogP contribution in [0, 0.1) is 5.82 Å². The number of halogens is 3. The number of hydrogen-bond acceptors (Lipinski definition) is 1. The van der Waals surface area contributed by atoms with Crippen molar-refractivity contribution in [3.8, 4) is 11.4 Å². The molecule has 0 aliphatic rings. The van der Waals surface area contributed by atoms with E-state index in [1.807, 2.05) is 36.4 Å². The molecule has 0 saturated carbocycles. The highest BCUT2D eigenvalue weighted by atomic mass is 35.5. The van der Waals surface area contributed by atoms with Gasteiger partial charge in [-0.25, -0.2) is 9.37 Å². The molecule has 4 aromatic rings. The Kier molecular flexibility index (Phi) is 4.20. The lowest BCUT2D eigenvalue weighted by Gasteiger charge is -2.11. The largest absolute Gasteiger partial charge is 0.319 e. The summed E-state index contributed by atoms with van der Waals surface area (Å²) in [6.45, 7) is 0.545. The Morgan fingerprint density at radius 2 is 1.68 bits per heavy atom. The SMILES string of the molecule is Fc1ccc(-c2nc3ccccc3n2Cc2ccc(Cl)cc2Cl)cc1. The smallest absolute Gasteiger partial charge is 0.141 e. The van der Waals surface area contributed by atoms with Crippen LogP contribution in [-0.2, 0) is 6.54 Å². The van der Waals surface area contributed by atoms with Crippen molar-refractivity contribution < 1.29 is 4.39 Å². The van der Waals surface area contributed by atoms with E-state index >= 15 is 0 Å². The Hall–Kier alpha value is -2.36. The maximum absolute atomic E-state index is 13.3. The predicted molar refractivity (Wildman–Crippen MR) is 101 cm³/mol. The van der Waals surface area contributed by atoms with E-state index in [0.29, 0.717) is 16.6 Å². The Morgan fingerprint density at radius 3 is 2.44 bits per heavy atom. The van der Waals surface area contributed by atoms with Gasteiger partial charge in [-0.15, -0.1) is 0 Å². The molecule has 0 aliphatic heterocycles. The molecule has 3 aromatic carbocycles. The predicted octanol–water partition coefficient (Wildman–Crippen LogP) is 6.20. The van der Waals surface area contributed by atoms with E-state index in [2.05, 4.69) is 4.57 Å². The van der Waals surface area contributed by atoms with Gasteiger partial charge < -0.3 is 4.57 Å². The first kappa shape index (κ1) is 16.1. The van der Waals surface area contributed by atoms with E-state index in [-0.39, 0.29) is 5.82 Å². The molecule has 0 N–H and O–H groups in total. The molecule has 1 aromatic heterocycles. The lowest BCUT2D eigenvalue weighted by Crippen LogP contribution is -2.03. The van der Waals surface area contributed by atoms with Crippen LogP contribution in [0.25, 0.3) is 22.4 Å². The minimum absolute atomic E-state index is 0.271. The fourth-order valence-corrected chi connectivity index (χ4v) is 3.34. The van der Waals surface area contributed by atoms with Crippen molar-refractivity contribution in [3.05, 3.63) is 88.2 Å². The molecule has 0 amide bonds. The molecule has 2 nitrogen and oxygen atoms in total. The molecular weight excluding hydrogens is 358 g/mol. The van der Waals surface area contributed by atoms with E-state index in [4.69, 9.17) is 28.2 Å². The number of para-hydroxylation sites is 2. The summed E-state index contributed by atoms with van der Waals surface area (Å²) in [7, 11) is 0. The number of benzene rings is 3. The maximum Gasteiger partial charge on any atom is 0.141 e. The maximum atomic E-state index is 13.3. The molecule has 0 fully saturated rings. The van der Waals surface area contributed by atoms with Crippen LogP contribution in [0.1, 0.15) is 5.56 Å². The number of fused-ring (bicyclic) bond motifs is 1. The minimum atomic E-state index is -0.271. The summed E-state index contributed by atoms with van der Waals surface area (Å²) in [4.78, 5) is 4.73. The summed E-state index contributed by atoms with van der Waals surface area (Å²) < 4.78 is 15.4. The van der Waals surface area contributed by atoms with Crippen LogP contribution >= 0.6 is 23.2 Å². The van der Waals surface area contributed by atoms with Crippen molar-refractivity contribution in [2.45, 2.75) is 6.54 Å². The molecule has 0 unspecified atom stereocenters. The first-order valence-corrected chi connectivity index (χ1v) is 8.52. The third kappa shape index (κ3) is 3.13. The van der Waals surface area contributed by atoms with Crippen LogP contribution in [0.4, 0.5) is 4.39 Å². The summed E-state index contributed by atoms with van der Waals surface area (Å²) in [5.41, 5.74) is 3.67. The van der Waals surface area contributed by atoms with Crippen molar-refractivity contribution in [1.82, 2.24) is 9.55 Å². The van der Waals surface area contributed by atoms with Gasteiger partial charge in [-0.05, 0) is 54.1 Å². The highest BCUT2D eigenvalue weighted by Crippen LogP contribution is 2.28. The van der Waals surface area contributed by atoms with Crippen molar-refractivity contribution in [2.75, 3.05) is 0 Å². The highest BCUT2D eigenvalue weighted by Gasteiger charge is 2.14. The monoisotopic (exact) mass is 370 g/mol. The summed E-state index contributed by atoms with van der Waals surface area (Å²) in [6, 6.07) is 19.7. The molecular formula is C20H13Cl2FN2. The van der Waals surface area contributed by atoms with Gasteiger partial charge in [0.15, 0.2) is 0 Å². The zero-order valence-electron chi connectivity index (χ0n) is 13.1. The van der Waals surface area contributed by atoms with Gasteiger partial charge in [0.2, 0.25) is 0 Å². The topological polar surface area (TPSA) is 17.8 Å². The summed E-state index contributed by atoms with van der Waals surface area (Å²) in [5, 5.41) is 1.21. The highest BCUT2D eigenvalue weighted by molar-refractivity contribution is 6.35. The molecule has 5 heteroatoms. The van der Waals surface area contributed by atoms with Gasteiger partial charge in [-0.1, -0.05) is 41.4 Å². The third-order valence-electron chi connectivity index (χ3n) is 4.10. The lowest BCUT2D eigenvalue weighted by atomic mass is 10.2. The van der Waals surface area contributed by atoms with Gasteiger partial charge in [-0.3, -0.25) is 0 Å². The van der Waals surface area contributed by atoms with Crippen LogP contribution in [0.15, 0.2) is 66.7 Å². The molecule has 0 spiro atoms. The standard InChI is InChI=1S/C20H13Cl2FN2/c21-15-8-5-14(17(22)11-15)12-25-19-4-2-1-3-18(19)24-20(25)13-6-9-16(23)10-7-13/h1-11H,12H2. The van der Waals surface area contributed by atoms with Crippen LogP contribution in [0.2, 0.25) is 10.0 Å². The molecule has 0 atom stereocenters. The Labute approximate surface area is 154 Å². The first-order valence-electron chi connectivity index (χ1n) is 7.77. The van der Waals surface area contributed by atoms with Gasteiger partial charge in [0.05, 0.1) is 17.6 Å². The average molecular weight is 371 g/mol. The second-order valence-electron chi connectivity index (χ2n) is 5.75. The minimum Gasteiger partial charge on any atom is -0.319 e. The number of aromatic nitrogens is 2. The summed E-state index contributed by atoms with van der Waals surface area (Å²) in [6.07, 6.45) is 0. The summed E-state index contributed by atoms with van der Waals surface area (Å²) >= 11 is 12.3. The normalized spacial score (nSPS) is 11.2. The average Bonchev–Trinajstić information content (AvgIpc) is 2.97. The molecule has 4 rings (SSSR count). The molecule has 0 bridgehead atoms. The zero-order valence-corrected chi connectivity index (χ0v) is 14.6. The molecule has 0 saturated heterocycles. The van der Waals surface area contributed by atoms with Gasteiger partial charge >= 0.3 is 0 Å². The number of imidazole rings is 1. The van der Waals surface area contributed by atoms with Crippen LogP contribution < -0.4 is 0 Å². The Morgan fingerprint density at radius 1 is 0.920 bits per heavy atom. The van der Waals surface area contributed by atoms with Crippen LogP contribution in [0.3, 0.4) is 0 Å². The molecule has 0 aliphatic carbocycles. The second-order valence-corrected chi connectivity index (χ2v) is 6.60. The van der Waals surface area contributed by atoms with E-state index in [1.54, 1.807) is 18.2 Å². The van der Waals surface area contributed by atoms with E-state index in [9.17, 15) is 4.39 Å². The molecule has 25 heavy (non-hydrogen) atoms. The van der Waals surface area contributed by atoms with E-state index in [0.717, 1.165) is 28.0 Å². The fourth-order valence-electron chi connectivity index (χ4n) is 2.88. The van der Waals surface area contributed by atoms with Crippen molar-refractivity contribution in [2.24, 2.45) is 0 Å². The third-order valence-corrected chi connectivity index (χ3v) is 4.69. The number of rotatable bonds is 3. The van der Waals surface area contributed by atoms with Gasteiger partial charge in [0, 0.05) is 15.6 Å².